The number of rotatable bonds is 5. The number of pyridine rings is 1. The number of aromatic nitrogens is 2. The Morgan fingerprint density at radius 1 is 0.943 bits per heavy atom. The molecule has 35 heavy (non-hydrogen) atoms. The minimum absolute atomic E-state index is 0.135. The molecule has 176 valence electrons. The first kappa shape index (κ1) is 21.5. The van der Waals surface area contributed by atoms with Crippen molar-refractivity contribution in [3.63, 3.8) is 0 Å². The van der Waals surface area contributed by atoms with Crippen molar-refractivity contribution < 1.29 is 9.47 Å². The molecule has 2 aliphatic rings. The topological polar surface area (TPSA) is 54.8 Å². The van der Waals surface area contributed by atoms with Crippen LogP contribution < -0.4 is 24.6 Å². The second-order valence-electron chi connectivity index (χ2n) is 8.75. The molecule has 0 unspecified atom stereocenters. The van der Waals surface area contributed by atoms with Crippen LogP contribution in [0.3, 0.4) is 0 Å². The highest BCUT2D eigenvalue weighted by molar-refractivity contribution is 7.80. The largest absolute Gasteiger partial charge is 0.454 e. The van der Waals surface area contributed by atoms with Crippen molar-refractivity contribution in [2.45, 2.75) is 12.1 Å². The molecular weight excluding hydrogens is 458 g/mol. The highest BCUT2D eigenvalue weighted by Crippen LogP contribution is 2.44. The quantitative estimate of drug-likeness (QED) is 0.408. The molecule has 0 aliphatic carbocycles. The normalized spacial score (nSPS) is 18.6. The summed E-state index contributed by atoms with van der Waals surface area (Å²) in [6.45, 7) is 0.229. The van der Waals surface area contributed by atoms with Crippen molar-refractivity contribution in [3.05, 3.63) is 96.6 Å². The SMILES string of the molecule is CN(C)c1ccc(-n2cccc2[C@H]2[C@H](c3ccccn3)NC(=S)N2c2ccc3c(c2)OCO3)cc1. The fourth-order valence-corrected chi connectivity index (χ4v) is 5.10. The zero-order valence-electron chi connectivity index (χ0n) is 19.5. The van der Waals surface area contributed by atoms with Crippen LogP contribution in [-0.2, 0) is 0 Å². The van der Waals surface area contributed by atoms with E-state index in [2.05, 4.69) is 67.3 Å². The molecule has 2 atom stereocenters. The van der Waals surface area contributed by atoms with Gasteiger partial charge in [0.2, 0.25) is 6.79 Å². The Kier molecular flexibility index (Phi) is 5.30. The lowest BCUT2D eigenvalue weighted by Gasteiger charge is -2.29. The third-order valence-corrected chi connectivity index (χ3v) is 6.77. The average molecular weight is 484 g/mol. The molecule has 8 heteroatoms. The number of anilines is 2. The number of hydrogen-bond acceptors (Lipinski definition) is 5. The summed E-state index contributed by atoms with van der Waals surface area (Å²) in [7, 11) is 4.09. The van der Waals surface area contributed by atoms with Gasteiger partial charge in [0.1, 0.15) is 6.04 Å². The molecule has 0 radical (unpaired) electrons. The average Bonchev–Trinajstić information content (AvgIpc) is 3.62. The number of hydrogen-bond donors (Lipinski definition) is 1. The first-order valence-corrected chi connectivity index (χ1v) is 11.9. The fraction of sp³-hybridized carbons (Fsp3) is 0.185. The van der Waals surface area contributed by atoms with Gasteiger partial charge in [-0.25, -0.2) is 0 Å². The van der Waals surface area contributed by atoms with Crippen molar-refractivity contribution in [2.75, 3.05) is 30.7 Å². The molecule has 1 N–H and O–H groups in total. The van der Waals surface area contributed by atoms with E-state index in [4.69, 9.17) is 21.7 Å². The maximum atomic E-state index is 5.88. The van der Waals surface area contributed by atoms with Crippen LogP contribution in [0.1, 0.15) is 23.5 Å². The lowest BCUT2D eigenvalue weighted by atomic mass is 10.0. The van der Waals surface area contributed by atoms with Crippen LogP contribution >= 0.6 is 12.2 Å². The van der Waals surface area contributed by atoms with E-state index in [1.54, 1.807) is 0 Å². The minimum atomic E-state index is -0.138. The van der Waals surface area contributed by atoms with E-state index in [0.29, 0.717) is 5.11 Å². The highest BCUT2D eigenvalue weighted by Gasteiger charge is 2.42. The molecule has 0 saturated carbocycles. The van der Waals surface area contributed by atoms with Gasteiger partial charge in [-0.1, -0.05) is 6.07 Å². The first-order chi connectivity index (χ1) is 17.1. The van der Waals surface area contributed by atoms with Crippen LogP contribution in [-0.4, -0.2) is 35.6 Å². The van der Waals surface area contributed by atoms with Crippen LogP contribution in [0.5, 0.6) is 11.5 Å². The van der Waals surface area contributed by atoms with Gasteiger partial charge >= 0.3 is 0 Å². The molecule has 2 aromatic carbocycles. The van der Waals surface area contributed by atoms with Crippen molar-refractivity contribution >= 4 is 28.7 Å². The van der Waals surface area contributed by atoms with E-state index in [-0.39, 0.29) is 18.9 Å². The predicted molar refractivity (Wildman–Crippen MR) is 141 cm³/mol. The van der Waals surface area contributed by atoms with Crippen LogP contribution in [0.4, 0.5) is 11.4 Å². The van der Waals surface area contributed by atoms with Crippen molar-refractivity contribution in [1.29, 1.82) is 0 Å². The van der Waals surface area contributed by atoms with Gasteiger partial charge in [-0.15, -0.1) is 0 Å². The van der Waals surface area contributed by atoms with Gasteiger partial charge in [0.15, 0.2) is 16.6 Å². The van der Waals surface area contributed by atoms with Crippen LogP contribution in [0, 0.1) is 0 Å². The molecule has 0 bridgehead atoms. The summed E-state index contributed by atoms with van der Waals surface area (Å²) in [6.07, 6.45) is 3.91. The molecule has 1 fully saturated rings. The third kappa shape index (κ3) is 3.76. The van der Waals surface area contributed by atoms with Gasteiger partial charge in [0, 0.05) is 55.3 Å². The smallest absolute Gasteiger partial charge is 0.231 e. The summed E-state index contributed by atoms with van der Waals surface area (Å²) in [5, 5.41) is 4.17. The molecule has 4 heterocycles. The van der Waals surface area contributed by atoms with E-state index >= 15 is 0 Å². The maximum absolute atomic E-state index is 5.88. The molecule has 2 aromatic heterocycles. The summed E-state index contributed by atoms with van der Waals surface area (Å²) in [6, 6.07) is 24.4. The van der Waals surface area contributed by atoms with E-state index < -0.39 is 0 Å². The van der Waals surface area contributed by atoms with Crippen molar-refractivity contribution in [2.24, 2.45) is 0 Å². The van der Waals surface area contributed by atoms with Crippen molar-refractivity contribution in [1.82, 2.24) is 14.9 Å². The second kappa shape index (κ2) is 8.63. The summed E-state index contributed by atoms with van der Waals surface area (Å²) in [5.74, 6) is 1.47. The van der Waals surface area contributed by atoms with E-state index in [1.165, 1.54) is 0 Å². The number of thiocarbonyl (C=S) groups is 1. The zero-order valence-corrected chi connectivity index (χ0v) is 20.3. The van der Waals surface area contributed by atoms with Gasteiger partial charge in [0.05, 0.1) is 11.7 Å². The van der Waals surface area contributed by atoms with Gasteiger partial charge in [-0.2, -0.15) is 0 Å². The Balaban J connectivity index is 1.47. The highest BCUT2D eigenvalue weighted by atomic mass is 32.1. The minimum Gasteiger partial charge on any atom is -0.454 e. The second-order valence-corrected chi connectivity index (χ2v) is 9.13. The van der Waals surface area contributed by atoms with Gasteiger partial charge in [-0.3, -0.25) is 4.98 Å². The van der Waals surface area contributed by atoms with Crippen LogP contribution in [0.15, 0.2) is 85.2 Å². The standard InChI is InChI=1S/C27H25N5O2S/c1-30(2)18-8-10-19(11-9-18)31-15-5-7-22(31)26-25(21-6-3-4-14-28-21)29-27(35)32(26)20-12-13-23-24(16-20)34-17-33-23/h3-16,25-26H,17H2,1-2H3,(H,29,35)/t25-,26-/m0/s1. The number of ether oxygens (including phenoxy) is 2. The summed E-state index contributed by atoms with van der Waals surface area (Å²) >= 11 is 5.88. The Bertz CT molecular complexity index is 1370. The molecule has 2 aliphatic heterocycles. The Morgan fingerprint density at radius 2 is 1.74 bits per heavy atom. The number of fused-ring (bicyclic) bond motifs is 1. The maximum Gasteiger partial charge on any atom is 0.231 e. The predicted octanol–water partition coefficient (Wildman–Crippen LogP) is 4.84. The molecule has 4 aromatic rings. The Hall–Kier alpha value is -4.04. The third-order valence-electron chi connectivity index (χ3n) is 6.46. The van der Waals surface area contributed by atoms with Crippen molar-refractivity contribution in [3.8, 4) is 17.2 Å². The van der Waals surface area contributed by atoms with E-state index in [1.807, 2.05) is 56.7 Å². The summed E-state index contributed by atoms with van der Waals surface area (Å²) < 4.78 is 13.4. The fourth-order valence-electron chi connectivity index (χ4n) is 4.75. The molecule has 0 amide bonds. The summed E-state index contributed by atoms with van der Waals surface area (Å²) in [5.41, 5.74) is 5.20. The number of nitrogens with one attached hydrogen (secondary N) is 1. The van der Waals surface area contributed by atoms with Gasteiger partial charge in [0.25, 0.3) is 0 Å². The number of benzene rings is 2. The first-order valence-electron chi connectivity index (χ1n) is 11.5. The molecule has 1 saturated heterocycles. The molecule has 0 spiro atoms. The number of nitrogens with zero attached hydrogens (tertiary/aromatic N) is 4. The van der Waals surface area contributed by atoms with Gasteiger partial charge in [-0.05, 0) is 72.9 Å². The van der Waals surface area contributed by atoms with Crippen LogP contribution in [0.2, 0.25) is 0 Å². The van der Waals surface area contributed by atoms with E-state index in [0.717, 1.165) is 39.9 Å². The Morgan fingerprint density at radius 3 is 2.51 bits per heavy atom. The monoisotopic (exact) mass is 483 g/mol. The summed E-state index contributed by atoms with van der Waals surface area (Å²) in [4.78, 5) is 8.91. The molecule has 6 rings (SSSR count). The Labute approximate surface area is 209 Å². The molecular formula is C27H25N5O2S. The van der Waals surface area contributed by atoms with Crippen LogP contribution in [0.25, 0.3) is 5.69 Å². The lowest BCUT2D eigenvalue weighted by molar-refractivity contribution is 0.174. The lowest BCUT2D eigenvalue weighted by Crippen LogP contribution is -2.30. The van der Waals surface area contributed by atoms with E-state index in [9.17, 15) is 0 Å². The zero-order chi connectivity index (χ0) is 23.9. The molecule has 7 nitrogen and oxygen atoms in total. The van der Waals surface area contributed by atoms with Gasteiger partial charge < -0.3 is 29.2 Å².